The summed E-state index contributed by atoms with van der Waals surface area (Å²) in [6.07, 6.45) is 2.51. The second-order valence-corrected chi connectivity index (χ2v) is 3.86. The van der Waals surface area contributed by atoms with Crippen LogP contribution < -0.4 is 10.6 Å². The lowest BCUT2D eigenvalue weighted by Crippen LogP contribution is -2.28. The molecule has 0 spiro atoms. The van der Waals surface area contributed by atoms with Crippen LogP contribution in [0.4, 0.5) is 11.6 Å². The van der Waals surface area contributed by atoms with Crippen molar-refractivity contribution in [2.24, 2.45) is 0 Å². The van der Waals surface area contributed by atoms with Crippen LogP contribution in [0.5, 0.6) is 0 Å². The van der Waals surface area contributed by atoms with Crippen LogP contribution in [0.15, 0.2) is 12.4 Å². The molecule has 6 nitrogen and oxygen atoms in total. The predicted octanol–water partition coefficient (Wildman–Crippen LogP) is 0.799. The Hall–Kier alpha value is -1.85. The summed E-state index contributed by atoms with van der Waals surface area (Å²) in [5, 5.41) is 6.12. The Morgan fingerprint density at radius 2 is 1.94 bits per heavy atom. The highest BCUT2D eigenvalue weighted by Gasteiger charge is 2.04. The molecule has 0 aromatic carbocycles. The first kappa shape index (κ1) is 13.2. The molecule has 1 aromatic heterocycles. The van der Waals surface area contributed by atoms with Gasteiger partial charge in [-0.2, -0.15) is 0 Å². The molecule has 1 heterocycles. The molecule has 2 N–H and O–H groups in total. The number of amides is 1. The summed E-state index contributed by atoms with van der Waals surface area (Å²) in [5.41, 5.74) is 0. The minimum Gasteiger partial charge on any atom is -0.370 e. The van der Waals surface area contributed by atoms with Gasteiger partial charge in [-0.25, -0.2) is 9.97 Å². The number of aromatic nitrogens is 2. The van der Waals surface area contributed by atoms with E-state index in [1.807, 2.05) is 0 Å². The average molecular weight is 237 g/mol. The number of nitrogens with one attached hydrogen (secondary N) is 2. The summed E-state index contributed by atoms with van der Waals surface area (Å²) < 4.78 is 0. The summed E-state index contributed by atoms with van der Waals surface area (Å²) in [7, 11) is 3.44. The number of carbonyl (C=O) groups is 1. The first-order valence-electron chi connectivity index (χ1n) is 5.63. The maximum Gasteiger partial charge on any atom is 0.241 e. The topological polar surface area (TPSA) is 70.2 Å². The maximum absolute atomic E-state index is 11.4. The van der Waals surface area contributed by atoms with E-state index in [1.165, 1.54) is 11.2 Å². The highest BCUT2D eigenvalue weighted by molar-refractivity contribution is 5.80. The Kier molecular flexibility index (Phi) is 5.19. The van der Waals surface area contributed by atoms with Crippen molar-refractivity contribution < 1.29 is 4.79 Å². The molecule has 1 aromatic rings. The maximum atomic E-state index is 11.4. The third-order valence-corrected chi connectivity index (χ3v) is 2.14. The van der Waals surface area contributed by atoms with Crippen LogP contribution in [0.1, 0.15) is 13.3 Å². The Labute approximate surface area is 101 Å². The second kappa shape index (κ2) is 6.67. The van der Waals surface area contributed by atoms with Gasteiger partial charge in [0.2, 0.25) is 5.91 Å². The van der Waals surface area contributed by atoms with E-state index in [2.05, 4.69) is 27.5 Å². The summed E-state index contributed by atoms with van der Waals surface area (Å²) >= 11 is 0. The Morgan fingerprint density at radius 3 is 2.53 bits per heavy atom. The molecule has 0 bridgehead atoms. The van der Waals surface area contributed by atoms with Gasteiger partial charge in [0.25, 0.3) is 0 Å². The van der Waals surface area contributed by atoms with E-state index in [-0.39, 0.29) is 12.5 Å². The molecule has 6 heteroatoms. The summed E-state index contributed by atoms with van der Waals surface area (Å²) in [5.74, 6) is 1.42. The van der Waals surface area contributed by atoms with Crippen LogP contribution in [0.25, 0.3) is 0 Å². The molecule has 0 fully saturated rings. The smallest absolute Gasteiger partial charge is 0.241 e. The molecule has 17 heavy (non-hydrogen) atoms. The third-order valence-electron chi connectivity index (χ3n) is 2.14. The van der Waals surface area contributed by atoms with Crippen molar-refractivity contribution in [1.29, 1.82) is 0 Å². The van der Waals surface area contributed by atoms with Gasteiger partial charge >= 0.3 is 0 Å². The van der Waals surface area contributed by atoms with Gasteiger partial charge in [0, 0.05) is 26.7 Å². The molecule has 0 aliphatic heterocycles. The lowest BCUT2D eigenvalue weighted by Gasteiger charge is -2.11. The molecule has 94 valence electrons. The van der Waals surface area contributed by atoms with Crippen molar-refractivity contribution in [3.05, 3.63) is 12.4 Å². The minimum absolute atomic E-state index is 0.00618. The fourth-order valence-electron chi connectivity index (χ4n) is 1.13. The van der Waals surface area contributed by atoms with Crippen molar-refractivity contribution in [1.82, 2.24) is 14.9 Å². The summed E-state index contributed by atoms with van der Waals surface area (Å²) in [6.45, 7) is 3.19. The molecule has 0 radical (unpaired) electrons. The van der Waals surface area contributed by atoms with Crippen LogP contribution in [-0.2, 0) is 4.79 Å². The number of rotatable bonds is 6. The lowest BCUT2D eigenvalue weighted by atomic mass is 10.4. The SMILES string of the molecule is CCCNc1cc(NCC(=O)N(C)C)ncn1. The molecule has 0 aliphatic carbocycles. The standard InChI is InChI=1S/C11H19N5O/c1-4-5-12-9-6-10(15-8-14-9)13-7-11(17)16(2)3/h6,8H,4-5,7H2,1-3H3,(H2,12,13,14,15). The molecule has 0 atom stereocenters. The number of anilines is 2. The molecular weight excluding hydrogens is 218 g/mol. The number of carbonyl (C=O) groups excluding carboxylic acids is 1. The summed E-state index contributed by atoms with van der Waals surface area (Å²) in [4.78, 5) is 21.0. The second-order valence-electron chi connectivity index (χ2n) is 3.86. The zero-order valence-corrected chi connectivity index (χ0v) is 10.5. The van der Waals surface area contributed by atoms with E-state index in [4.69, 9.17) is 0 Å². The summed E-state index contributed by atoms with van der Waals surface area (Å²) in [6, 6.07) is 1.79. The van der Waals surface area contributed by atoms with Crippen LogP contribution >= 0.6 is 0 Å². The molecule has 0 saturated carbocycles. The highest BCUT2D eigenvalue weighted by Crippen LogP contribution is 2.08. The molecule has 0 aliphatic rings. The van der Waals surface area contributed by atoms with E-state index in [0.29, 0.717) is 5.82 Å². The fraction of sp³-hybridized carbons (Fsp3) is 0.545. The van der Waals surface area contributed by atoms with E-state index >= 15 is 0 Å². The van der Waals surface area contributed by atoms with E-state index in [9.17, 15) is 4.79 Å². The average Bonchev–Trinajstić information content (AvgIpc) is 2.33. The first-order valence-corrected chi connectivity index (χ1v) is 5.63. The normalized spacial score (nSPS) is 9.82. The van der Waals surface area contributed by atoms with Gasteiger partial charge in [-0.15, -0.1) is 0 Å². The van der Waals surface area contributed by atoms with Gasteiger partial charge in [0.15, 0.2) is 0 Å². The van der Waals surface area contributed by atoms with Crippen LogP contribution in [0.3, 0.4) is 0 Å². The number of likely N-dealkylation sites (N-methyl/N-ethyl adjacent to an activating group) is 1. The van der Waals surface area contributed by atoms with Crippen molar-refractivity contribution in [3.63, 3.8) is 0 Å². The molecular formula is C11H19N5O. The predicted molar refractivity (Wildman–Crippen MR) is 68.0 cm³/mol. The van der Waals surface area contributed by atoms with Crippen molar-refractivity contribution in [3.8, 4) is 0 Å². The molecule has 1 rings (SSSR count). The molecule has 0 saturated heterocycles. The number of hydrogen-bond acceptors (Lipinski definition) is 5. The Morgan fingerprint density at radius 1 is 1.29 bits per heavy atom. The van der Waals surface area contributed by atoms with Gasteiger partial charge in [0.05, 0.1) is 6.54 Å². The largest absolute Gasteiger partial charge is 0.370 e. The van der Waals surface area contributed by atoms with Gasteiger partial charge < -0.3 is 15.5 Å². The highest BCUT2D eigenvalue weighted by atomic mass is 16.2. The monoisotopic (exact) mass is 237 g/mol. The number of hydrogen-bond donors (Lipinski definition) is 2. The third kappa shape index (κ3) is 4.67. The van der Waals surface area contributed by atoms with Crippen LogP contribution in [0.2, 0.25) is 0 Å². The van der Waals surface area contributed by atoms with Crippen molar-refractivity contribution in [2.45, 2.75) is 13.3 Å². The van der Waals surface area contributed by atoms with E-state index in [1.54, 1.807) is 20.2 Å². The minimum atomic E-state index is 0.00618. The zero-order chi connectivity index (χ0) is 12.7. The van der Waals surface area contributed by atoms with Crippen LogP contribution in [0, 0.1) is 0 Å². The van der Waals surface area contributed by atoms with Gasteiger partial charge in [-0.3, -0.25) is 4.79 Å². The quantitative estimate of drug-likeness (QED) is 0.765. The number of nitrogens with zero attached hydrogens (tertiary/aromatic N) is 3. The van der Waals surface area contributed by atoms with Crippen LogP contribution in [-0.4, -0.2) is 48.0 Å². The zero-order valence-electron chi connectivity index (χ0n) is 10.5. The first-order chi connectivity index (χ1) is 8.13. The fourth-order valence-corrected chi connectivity index (χ4v) is 1.13. The van der Waals surface area contributed by atoms with Crippen molar-refractivity contribution in [2.75, 3.05) is 37.8 Å². The Bertz CT molecular complexity index is 367. The molecule has 0 unspecified atom stereocenters. The lowest BCUT2D eigenvalue weighted by molar-refractivity contribution is -0.126. The van der Waals surface area contributed by atoms with Gasteiger partial charge in [-0.1, -0.05) is 6.92 Å². The Balaban J connectivity index is 2.51. The van der Waals surface area contributed by atoms with E-state index in [0.717, 1.165) is 18.8 Å². The van der Waals surface area contributed by atoms with Crippen molar-refractivity contribution >= 4 is 17.5 Å². The molecule has 1 amide bonds. The van der Waals surface area contributed by atoms with Gasteiger partial charge in [-0.05, 0) is 6.42 Å². The van der Waals surface area contributed by atoms with Gasteiger partial charge in [0.1, 0.15) is 18.0 Å². The van der Waals surface area contributed by atoms with E-state index < -0.39 is 0 Å².